The van der Waals surface area contributed by atoms with Gasteiger partial charge in [-0.3, -0.25) is 4.79 Å². The van der Waals surface area contributed by atoms with Gasteiger partial charge >= 0.3 is 0 Å². The van der Waals surface area contributed by atoms with Gasteiger partial charge in [-0.05, 0) is 42.0 Å². The summed E-state index contributed by atoms with van der Waals surface area (Å²) < 4.78 is 20.0. The first-order valence-corrected chi connectivity index (χ1v) is 8.95. The zero-order valence-corrected chi connectivity index (χ0v) is 15.0. The smallest absolute Gasteiger partial charge is 0.234 e. The predicted octanol–water partition coefficient (Wildman–Crippen LogP) is 3.81. The average molecular weight is 371 g/mol. The fourth-order valence-corrected chi connectivity index (χ4v) is 3.10. The largest absolute Gasteiger partial charge is 0.497 e. The molecule has 1 heterocycles. The zero-order valence-electron chi connectivity index (χ0n) is 14.2. The maximum atomic E-state index is 12.9. The maximum Gasteiger partial charge on any atom is 0.234 e. The number of hydrogen-bond acceptors (Lipinski definition) is 4. The van der Waals surface area contributed by atoms with Crippen LogP contribution in [0.3, 0.4) is 0 Å². The summed E-state index contributed by atoms with van der Waals surface area (Å²) in [5.41, 5.74) is 1.68. The van der Waals surface area contributed by atoms with E-state index in [0.717, 1.165) is 16.5 Å². The predicted molar refractivity (Wildman–Crippen MR) is 100 cm³/mol. The number of hydrogen-bond donors (Lipinski definition) is 1. The van der Waals surface area contributed by atoms with E-state index in [9.17, 15) is 9.18 Å². The van der Waals surface area contributed by atoms with Crippen LogP contribution in [0.1, 0.15) is 5.56 Å². The number of anilines is 1. The van der Waals surface area contributed by atoms with Crippen molar-refractivity contribution >= 4 is 23.4 Å². The summed E-state index contributed by atoms with van der Waals surface area (Å²) >= 11 is 1.35. The molecule has 0 aliphatic carbocycles. The van der Waals surface area contributed by atoms with Gasteiger partial charge in [0.05, 0.1) is 12.9 Å². The van der Waals surface area contributed by atoms with E-state index in [2.05, 4.69) is 10.3 Å². The minimum Gasteiger partial charge on any atom is -0.497 e. The van der Waals surface area contributed by atoms with E-state index in [-0.39, 0.29) is 17.5 Å². The Balaban J connectivity index is 1.56. The monoisotopic (exact) mass is 371 g/mol. The van der Waals surface area contributed by atoms with Gasteiger partial charge in [0.2, 0.25) is 5.91 Å². The van der Waals surface area contributed by atoms with Crippen LogP contribution in [0.2, 0.25) is 0 Å². The molecule has 5 nitrogen and oxygen atoms in total. The fourth-order valence-electron chi connectivity index (χ4n) is 2.34. The number of methoxy groups -OCH3 is 1. The molecule has 1 aromatic heterocycles. The van der Waals surface area contributed by atoms with Gasteiger partial charge in [0.15, 0.2) is 5.16 Å². The summed E-state index contributed by atoms with van der Waals surface area (Å²) in [4.78, 5) is 16.4. The minimum absolute atomic E-state index is 0.166. The second kappa shape index (κ2) is 8.53. The molecule has 3 rings (SSSR count). The first-order valence-electron chi connectivity index (χ1n) is 7.96. The van der Waals surface area contributed by atoms with Crippen LogP contribution in [0.4, 0.5) is 10.1 Å². The molecule has 0 aliphatic heterocycles. The number of benzene rings is 2. The van der Waals surface area contributed by atoms with Gasteiger partial charge in [-0.1, -0.05) is 23.9 Å². The first kappa shape index (κ1) is 18.0. The lowest BCUT2D eigenvalue weighted by Gasteiger charge is -2.09. The fraction of sp³-hybridized carbons (Fsp3) is 0.158. The molecular weight excluding hydrogens is 353 g/mol. The number of amides is 1. The Bertz CT molecular complexity index is 863. The van der Waals surface area contributed by atoms with Crippen molar-refractivity contribution < 1.29 is 13.9 Å². The number of carbonyl (C=O) groups excluding carboxylic acids is 1. The van der Waals surface area contributed by atoms with Crippen molar-refractivity contribution in [1.29, 1.82) is 0 Å². The highest BCUT2D eigenvalue weighted by atomic mass is 32.2. The highest BCUT2D eigenvalue weighted by molar-refractivity contribution is 7.99. The Morgan fingerprint density at radius 2 is 1.92 bits per heavy atom. The van der Waals surface area contributed by atoms with Crippen molar-refractivity contribution in [3.05, 3.63) is 72.3 Å². The topological polar surface area (TPSA) is 56.2 Å². The van der Waals surface area contributed by atoms with Gasteiger partial charge in [0, 0.05) is 24.6 Å². The second-order valence-corrected chi connectivity index (χ2v) is 6.47. The van der Waals surface area contributed by atoms with Crippen molar-refractivity contribution in [2.24, 2.45) is 0 Å². The minimum atomic E-state index is -0.335. The summed E-state index contributed by atoms with van der Waals surface area (Å²) in [6.07, 6.45) is 3.59. The molecule has 3 aromatic rings. The number of nitrogens with one attached hydrogen (secondary N) is 1. The number of aromatic nitrogens is 2. The normalized spacial score (nSPS) is 10.5. The molecule has 0 radical (unpaired) electrons. The molecule has 7 heteroatoms. The van der Waals surface area contributed by atoms with Crippen LogP contribution in [0.5, 0.6) is 5.75 Å². The molecule has 26 heavy (non-hydrogen) atoms. The maximum absolute atomic E-state index is 12.9. The summed E-state index contributed by atoms with van der Waals surface area (Å²) in [5, 5.41) is 3.50. The Morgan fingerprint density at radius 1 is 1.19 bits per heavy atom. The Hall–Kier alpha value is -2.80. The molecule has 0 unspecified atom stereocenters. The van der Waals surface area contributed by atoms with Gasteiger partial charge < -0.3 is 14.6 Å². The summed E-state index contributed by atoms with van der Waals surface area (Å²) in [7, 11) is 1.64. The molecule has 0 fully saturated rings. The molecule has 1 N–H and O–H groups in total. The third-order valence-electron chi connectivity index (χ3n) is 3.65. The molecular formula is C19H18FN3O2S. The molecule has 0 aliphatic rings. The molecule has 0 saturated heterocycles. The van der Waals surface area contributed by atoms with E-state index in [1.807, 2.05) is 35.0 Å². The average Bonchev–Trinajstić information content (AvgIpc) is 3.09. The molecule has 0 atom stereocenters. The van der Waals surface area contributed by atoms with E-state index in [4.69, 9.17) is 4.74 Å². The number of thioether (sulfide) groups is 1. The number of rotatable bonds is 7. The van der Waals surface area contributed by atoms with E-state index < -0.39 is 0 Å². The zero-order chi connectivity index (χ0) is 18.4. The van der Waals surface area contributed by atoms with Crippen LogP contribution in [0.25, 0.3) is 0 Å². The van der Waals surface area contributed by atoms with Crippen molar-refractivity contribution in [1.82, 2.24) is 9.55 Å². The highest BCUT2D eigenvalue weighted by Gasteiger charge is 2.09. The Morgan fingerprint density at radius 3 is 2.62 bits per heavy atom. The van der Waals surface area contributed by atoms with Crippen molar-refractivity contribution in [3.63, 3.8) is 0 Å². The van der Waals surface area contributed by atoms with Crippen molar-refractivity contribution in [2.45, 2.75) is 11.7 Å². The number of imidazole rings is 1. The van der Waals surface area contributed by atoms with Crippen LogP contribution in [0.15, 0.2) is 66.1 Å². The van der Waals surface area contributed by atoms with E-state index >= 15 is 0 Å². The number of carbonyl (C=O) groups is 1. The van der Waals surface area contributed by atoms with Gasteiger partial charge in [-0.25, -0.2) is 9.37 Å². The van der Waals surface area contributed by atoms with Gasteiger partial charge in [0.1, 0.15) is 11.6 Å². The van der Waals surface area contributed by atoms with Gasteiger partial charge in [-0.15, -0.1) is 0 Å². The second-order valence-electron chi connectivity index (χ2n) is 5.53. The number of halogens is 1. The van der Waals surface area contributed by atoms with Crippen molar-refractivity contribution in [3.8, 4) is 5.75 Å². The molecule has 2 aromatic carbocycles. The molecule has 0 bridgehead atoms. The SMILES string of the molecule is COc1ccc(Cn2ccnc2SCC(=O)Nc2ccc(F)cc2)cc1. The summed E-state index contributed by atoms with van der Waals surface area (Å²) in [5.74, 6) is 0.529. The lowest BCUT2D eigenvalue weighted by Crippen LogP contribution is -2.14. The molecule has 0 saturated carbocycles. The number of ether oxygens (including phenoxy) is 1. The molecule has 1 amide bonds. The summed E-state index contributed by atoms with van der Waals surface area (Å²) in [6, 6.07) is 13.5. The van der Waals surface area contributed by atoms with Gasteiger partial charge in [0.25, 0.3) is 0 Å². The Labute approximate surface area is 155 Å². The first-order chi connectivity index (χ1) is 12.6. The van der Waals surface area contributed by atoms with Crippen LogP contribution < -0.4 is 10.1 Å². The van der Waals surface area contributed by atoms with E-state index in [0.29, 0.717) is 12.2 Å². The Kier molecular flexibility index (Phi) is 5.91. The van der Waals surface area contributed by atoms with Crippen molar-refractivity contribution in [2.75, 3.05) is 18.2 Å². The summed E-state index contributed by atoms with van der Waals surface area (Å²) in [6.45, 7) is 0.659. The molecule has 134 valence electrons. The standard InChI is InChI=1S/C19H18FN3O2S/c1-25-17-8-2-14(3-9-17)12-23-11-10-21-19(23)26-13-18(24)22-16-6-4-15(20)5-7-16/h2-11H,12-13H2,1H3,(H,22,24). The lowest BCUT2D eigenvalue weighted by atomic mass is 10.2. The van der Waals surface area contributed by atoms with Crippen LogP contribution in [-0.4, -0.2) is 28.3 Å². The molecule has 0 spiro atoms. The lowest BCUT2D eigenvalue weighted by molar-refractivity contribution is -0.113. The van der Waals surface area contributed by atoms with Crippen LogP contribution in [-0.2, 0) is 11.3 Å². The van der Waals surface area contributed by atoms with Gasteiger partial charge in [-0.2, -0.15) is 0 Å². The van der Waals surface area contributed by atoms with E-state index in [1.165, 1.54) is 36.0 Å². The van der Waals surface area contributed by atoms with Crippen LogP contribution in [0, 0.1) is 5.82 Å². The highest BCUT2D eigenvalue weighted by Crippen LogP contribution is 2.19. The quantitative estimate of drug-likeness (QED) is 0.642. The number of nitrogens with zero attached hydrogens (tertiary/aromatic N) is 2. The third kappa shape index (κ3) is 4.86. The third-order valence-corrected chi connectivity index (χ3v) is 4.65. The van der Waals surface area contributed by atoms with Crippen LogP contribution >= 0.6 is 11.8 Å². The van der Waals surface area contributed by atoms with E-state index in [1.54, 1.807) is 13.3 Å².